The van der Waals surface area contributed by atoms with Crippen LogP contribution in [0.15, 0.2) is 47.4 Å². The molecule has 0 unspecified atom stereocenters. The minimum absolute atomic E-state index is 0.0753. The fraction of sp³-hybridized carbons (Fsp3) is 0.211. The molecule has 0 bridgehead atoms. The average Bonchev–Trinajstić information content (AvgIpc) is 2.85. The lowest BCUT2D eigenvalue weighted by molar-refractivity contribution is 0.0507. The molecule has 0 saturated carbocycles. The molecule has 0 aromatic heterocycles. The second-order valence-electron chi connectivity index (χ2n) is 7.53. The number of hydrogen-bond donors (Lipinski definition) is 3. The van der Waals surface area contributed by atoms with Gasteiger partial charge < -0.3 is 10.6 Å². The van der Waals surface area contributed by atoms with Crippen LogP contribution in [0.3, 0.4) is 0 Å². The standard InChI is InChI=1S/C19H20N4O5S/c1-19(2,3)23-16(24)14-9-6-12(10-15(14)17(23)25)22-18(26)21-11-4-7-13(8-5-11)29(20,27)28/h4-10H,1-3H3,(H2,20,27,28)(H2,21,22,26). The first-order chi connectivity index (χ1) is 13.4. The zero-order valence-electron chi connectivity index (χ0n) is 16.0. The van der Waals surface area contributed by atoms with E-state index in [0.29, 0.717) is 11.4 Å². The molecular formula is C19H20N4O5S. The van der Waals surface area contributed by atoms with Gasteiger partial charge in [0.2, 0.25) is 10.0 Å². The lowest BCUT2D eigenvalue weighted by atomic mass is 10.1. The predicted molar refractivity (Wildman–Crippen MR) is 107 cm³/mol. The van der Waals surface area contributed by atoms with Crippen molar-refractivity contribution in [3.05, 3.63) is 53.6 Å². The minimum Gasteiger partial charge on any atom is -0.308 e. The number of benzene rings is 2. The van der Waals surface area contributed by atoms with Gasteiger partial charge in [0.25, 0.3) is 11.8 Å². The van der Waals surface area contributed by atoms with Gasteiger partial charge in [-0.2, -0.15) is 0 Å². The van der Waals surface area contributed by atoms with Gasteiger partial charge in [-0.3, -0.25) is 14.5 Å². The molecule has 1 aliphatic rings. The van der Waals surface area contributed by atoms with Crippen molar-refractivity contribution < 1.29 is 22.8 Å². The van der Waals surface area contributed by atoms with Gasteiger partial charge in [0.05, 0.1) is 16.0 Å². The first-order valence-corrected chi connectivity index (χ1v) is 10.2. The quantitative estimate of drug-likeness (QED) is 0.659. The number of fused-ring (bicyclic) bond motifs is 1. The molecule has 29 heavy (non-hydrogen) atoms. The van der Waals surface area contributed by atoms with Crippen molar-refractivity contribution in [2.24, 2.45) is 5.14 Å². The lowest BCUT2D eigenvalue weighted by Gasteiger charge is -2.29. The SMILES string of the molecule is CC(C)(C)N1C(=O)c2ccc(NC(=O)Nc3ccc(S(N)(=O)=O)cc3)cc2C1=O. The normalized spacial score (nSPS) is 14.0. The number of anilines is 2. The molecule has 0 aliphatic carbocycles. The van der Waals surface area contributed by atoms with E-state index in [4.69, 9.17) is 5.14 Å². The van der Waals surface area contributed by atoms with Gasteiger partial charge in [-0.1, -0.05) is 0 Å². The Bertz CT molecular complexity index is 1120. The Kier molecular flexibility index (Phi) is 4.93. The average molecular weight is 416 g/mol. The summed E-state index contributed by atoms with van der Waals surface area (Å²) in [6.45, 7) is 5.30. The van der Waals surface area contributed by atoms with Crippen LogP contribution in [0.2, 0.25) is 0 Å². The van der Waals surface area contributed by atoms with Crippen molar-refractivity contribution in [2.45, 2.75) is 31.2 Å². The van der Waals surface area contributed by atoms with E-state index >= 15 is 0 Å². The van der Waals surface area contributed by atoms with Crippen molar-refractivity contribution in [2.75, 3.05) is 10.6 Å². The zero-order valence-corrected chi connectivity index (χ0v) is 16.8. The van der Waals surface area contributed by atoms with Crippen LogP contribution in [-0.4, -0.2) is 36.7 Å². The number of nitrogens with two attached hydrogens (primary N) is 1. The maximum atomic E-state index is 12.6. The van der Waals surface area contributed by atoms with E-state index in [2.05, 4.69) is 10.6 Å². The number of carbonyl (C=O) groups is 3. The Balaban J connectivity index is 1.74. The summed E-state index contributed by atoms with van der Waals surface area (Å²) in [7, 11) is -3.82. The van der Waals surface area contributed by atoms with E-state index < -0.39 is 27.5 Å². The molecule has 0 atom stereocenters. The van der Waals surface area contributed by atoms with E-state index in [0.717, 1.165) is 0 Å². The fourth-order valence-corrected chi connectivity index (χ4v) is 3.46. The van der Waals surface area contributed by atoms with E-state index in [1.807, 2.05) is 0 Å². The van der Waals surface area contributed by atoms with Crippen LogP contribution < -0.4 is 15.8 Å². The van der Waals surface area contributed by atoms with Gasteiger partial charge in [0.15, 0.2) is 0 Å². The molecule has 0 fully saturated rings. The topological polar surface area (TPSA) is 139 Å². The summed E-state index contributed by atoms with van der Waals surface area (Å²) in [5, 5.41) is 10.2. The molecule has 10 heteroatoms. The number of carbonyl (C=O) groups excluding carboxylic acids is 3. The monoisotopic (exact) mass is 416 g/mol. The second-order valence-corrected chi connectivity index (χ2v) is 9.09. The van der Waals surface area contributed by atoms with Crippen molar-refractivity contribution in [1.82, 2.24) is 4.90 Å². The number of sulfonamides is 1. The zero-order chi connectivity index (χ0) is 21.6. The Hall–Kier alpha value is -3.24. The number of urea groups is 1. The number of nitrogens with zero attached hydrogens (tertiary/aromatic N) is 1. The molecule has 2 aromatic carbocycles. The van der Waals surface area contributed by atoms with Crippen LogP contribution in [0.1, 0.15) is 41.5 Å². The third-order valence-corrected chi connectivity index (χ3v) is 5.19. The van der Waals surface area contributed by atoms with Crippen molar-refractivity contribution >= 4 is 39.2 Å². The van der Waals surface area contributed by atoms with E-state index in [1.54, 1.807) is 20.8 Å². The van der Waals surface area contributed by atoms with E-state index in [-0.39, 0.29) is 21.9 Å². The van der Waals surface area contributed by atoms with Crippen LogP contribution in [0.5, 0.6) is 0 Å². The molecule has 0 radical (unpaired) electrons. The van der Waals surface area contributed by atoms with Crippen LogP contribution in [0.25, 0.3) is 0 Å². The highest BCUT2D eigenvalue weighted by Crippen LogP contribution is 2.31. The molecule has 3 rings (SSSR count). The Labute approximate surface area is 167 Å². The van der Waals surface area contributed by atoms with Crippen molar-refractivity contribution in [1.29, 1.82) is 0 Å². The summed E-state index contributed by atoms with van der Waals surface area (Å²) in [6, 6.07) is 9.20. The number of hydrogen-bond acceptors (Lipinski definition) is 5. The first-order valence-electron chi connectivity index (χ1n) is 8.62. The van der Waals surface area contributed by atoms with Gasteiger partial charge in [0, 0.05) is 16.9 Å². The Morgan fingerprint density at radius 1 is 0.897 bits per heavy atom. The van der Waals surface area contributed by atoms with Crippen LogP contribution in [0, 0.1) is 0 Å². The third kappa shape index (κ3) is 4.13. The summed E-state index contributed by atoms with van der Waals surface area (Å²) in [5.74, 6) is -0.788. The number of imide groups is 1. The number of nitrogens with one attached hydrogen (secondary N) is 2. The molecule has 4 N–H and O–H groups in total. The smallest absolute Gasteiger partial charge is 0.308 e. The van der Waals surface area contributed by atoms with Gasteiger partial charge in [-0.15, -0.1) is 0 Å². The molecular weight excluding hydrogens is 396 g/mol. The summed E-state index contributed by atoms with van der Waals surface area (Å²) >= 11 is 0. The third-order valence-electron chi connectivity index (χ3n) is 4.26. The van der Waals surface area contributed by atoms with Crippen LogP contribution in [0.4, 0.5) is 16.2 Å². The largest absolute Gasteiger partial charge is 0.323 e. The summed E-state index contributed by atoms with van der Waals surface area (Å²) < 4.78 is 22.5. The highest BCUT2D eigenvalue weighted by molar-refractivity contribution is 7.89. The minimum atomic E-state index is -3.82. The van der Waals surface area contributed by atoms with Gasteiger partial charge in [0.1, 0.15) is 0 Å². The second kappa shape index (κ2) is 6.98. The fourth-order valence-electron chi connectivity index (χ4n) is 2.95. The Morgan fingerprint density at radius 2 is 1.41 bits per heavy atom. The molecule has 0 saturated heterocycles. The molecule has 1 heterocycles. The maximum Gasteiger partial charge on any atom is 0.323 e. The lowest BCUT2D eigenvalue weighted by Crippen LogP contribution is -2.45. The molecule has 0 spiro atoms. The molecule has 2 aromatic rings. The highest BCUT2D eigenvalue weighted by atomic mass is 32.2. The maximum absolute atomic E-state index is 12.6. The van der Waals surface area contributed by atoms with Gasteiger partial charge in [-0.25, -0.2) is 18.4 Å². The number of primary sulfonamides is 1. The Morgan fingerprint density at radius 3 is 1.97 bits per heavy atom. The van der Waals surface area contributed by atoms with Gasteiger partial charge >= 0.3 is 6.03 Å². The van der Waals surface area contributed by atoms with E-state index in [9.17, 15) is 22.8 Å². The van der Waals surface area contributed by atoms with E-state index in [1.165, 1.54) is 47.4 Å². The number of amides is 4. The first kappa shape index (κ1) is 20.5. The summed E-state index contributed by atoms with van der Waals surface area (Å²) in [6.07, 6.45) is 0. The van der Waals surface area contributed by atoms with Gasteiger partial charge in [-0.05, 0) is 63.2 Å². The summed E-state index contributed by atoms with van der Waals surface area (Å²) in [4.78, 5) is 38.4. The van der Waals surface area contributed by atoms with Crippen LogP contribution in [-0.2, 0) is 10.0 Å². The van der Waals surface area contributed by atoms with Crippen molar-refractivity contribution in [3.63, 3.8) is 0 Å². The highest BCUT2D eigenvalue weighted by Gasteiger charge is 2.41. The molecule has 9 nitrogen and oxygen atoms in total. The molecule has 1 aliphatic heterocycles. The summed E-state index contributed by atoms with van der Waals surface area (Å²) in [5.41, 5.74) is 0.525. The molecule has 152 valence electrons. The van der Waals surface area contributed by atoms with Crippen LogP contribution >= 0.6 is 0 Å². The predicted octanol–water partition coefficient (Wildman–Crippen LogP) is 2.37. The van der Waals surface area contributed by atoms with Crippen molar-refractivity contribution in [3.8, 4) is 0 Å². The molecule has 4 amide bonds. The number of rotatable bonds is 3.